The molecule has 1 fully saturated rings. The molecule has 13 heavy (non-hydrogen) atoms. The third kappa shape index (κ3) is 3.23. The van der Waals surface area contributed by atoms with Crippen molar-refractivity contribution in [1.29, 1.82) is 0 Å². The van der Waals surface area contributed by atoms with Gasteiger partial charge in [-0.05, 0) is 19.4 Å². The molecule has 0 bridgehead atoms. The number of allylic oxidation sites excluding steroid dienone is 3. The highest BCUT2D eigenvalue weighted by atomic mass is 15.2. The van der Waals surface area contributed by atoms with Gasteiger partial charge in [-0.3, -0.25) is 0 Å². The molecule has 1 N–H and O–H groups in total. The molecule has 1 aliphatic rings. The van der Waals surface area contributed by atoms with Crippen LogP contribution < -0.4 is 5.32 Å². The van der Waals surface area contributed by atoms with E-state index < -0.39 is 0 Å². The van der Waals surface area contributed by atoms with E-state index in [1.54, 1.807) is 0 Å². The summed E-state index contributed by atoms with van der Waals surface area (Å²) < 4.78 is 0. The van der Waals surface area contributed by atoms with E-state index in [0.717, 1.165) is 32.6 Å². The van der Waals surface area contributed by atoms with Crippen molar-refractivity contribution in [3.8, 4) is 0 Å². The van der Waals surface area contributed by atoms with E-state index >= 15 is 0 Å². The first-order valence-electron chi connectivity index (χ1n) is 5.17. The van der Waals surface area contributed by atoms with Crippen LogP contribution in [0.1, 0.15) is 20.3 Å². The quantitative estimate of drug-likeness (QED) is 0.666. The van der Waals surface area contributed by atoms with E-state index in [1.165, 1.54) is 5.70 Å². The van der Waals surface area contributed by atoms with Crippen molar-refractivity contribution in [2.45, 2.75) is 20.3 Å². The Hall–Kier alpha value is -0.760. The zero-order chi connectivity index (χ0) is 9.52. The Labute approximate surface area is 81.3 Å². The molecule has 74 valence electrons. The largest absolute Gasteiger partial charge is 0.369 e. The summed E-state index contributed by atoms with van der Waals surface area (Å²) in [6.07, 6.45) is 7.73. The second-order valence-electron chi connectivity index (χ2n) is 3.27. The second kappa shape index (κ2) is 5.81. The molecule has 0 saturated carbocycles. The van der Waals surface area contributed by atoms with Gasteiger partial charge >= 0.3 is 0 Å². The second-order valence-corrected chi connectivity index (χ2v) is 3.27. The van der Waals surface area contributed by atoms with Crippen molar-refractivity contribution in [3.63, 3.8) is 0 Å². The molecule has 2 heteroatoms. The topological polar surface area (TPSA) is 15.3 Å². The van der Waals surface area contributed by atoms with Crippen LogP contribution in [-0.4, -0.2) is 31.1 Å². The lowest BCUT2D eigenvalue weighted by Crippen LogP contribution is -2.42. The molecule has 0 aliphatic carbocycles. The molecular weight excluding hydrogens is 160 g/mol. The molecular formula is C11H20N2. The van der Waals surface area contributed by atoms with Gasteiger partial charge in [0.2, 0.25) is 0 Å². The predicted molar refractivity (Wildman–Crippen MR) is 57.6 cm³/mol. The summed E-state index contributed by atoms with van der Waals surface area (Å²) >= 11 is 0. The lowest BCUT2D eigenvalue weighted by molar-refractivity contribution is 0.306. The lowest BCUT2D eigenvalue weighted by Gasteiger charge is -2.30. The molecule has 1 rings (SSSR count). The molecule has 2 nitrogen and oxygen atoms in total. The maximum absolute atomic E-state index is 3.36. The third-order valence-electron chi connectivity index (χ3n) is 2.23. The third-order valence-corrected chi connectivity index (χ3v) is 2.23. The number of hydrogen-bond acceptors (Lipinski definition) is 2. The fourth-order valence-corrected chi connectivity index (χ4v) is 1.61. The van der Waals surface area contributed by atoms with Crippen molar-refractivity contribution in [2.24, 2.45) is 0 Å². The normalized spacial score (nSPS) is 19.8. The number of nitrogens with zero attached hydrogens (tertiary/aromatic N) is 1. The standard InChI is InChI=1S/C11H20N2/c1-3-5-11(6-4-2)13-9-7-12-8-10-13/h3,5-6,12H,4,7-10H2,1-2H3. The molecule has 0 amide bonds. The Kier molecular flexibility index (Phi) is 4.61. The highest BCUT2D eigenvalue weighted by Crippen LogP contribution is 2.08. The Bertz CT molecular complexity index is 188. The summed E-state index contributed by atoms with van der Waals surface area (Å²) in [5, 5.41) is 3.36. The zero-order valence-corrected chi connectivity index (χ0v) is 8.71. The van der Waals surface area contributed by atoms with E-state index in [0.29, 0.717) is 0 Å². The molecule has 0 aromatic rings. The van der Waals surface area contributed by atoms with Gasteiger partial charge in [0, 0.05) is 31.9 Å². The monoisotopic (exact) mass is 180 g/mol. The highest BCUT2D eigenvalue weighted by Gasteiger charge is 2.09. The van der Waals surface area contributed by atoms with Gasteiger partial charge in [-0.2, -0.15) is 0 Å². The smallest absolute Gasteiger partial charge is 0.0323 e. The Morgan fingerprint density at radius 1 is 1.38 bits per heavy atom. The molecule has 1 aliphatic heterocycles. The fourth-order valence-electron chi connectivity index (χ4n) is 1.61. The van der Waals surface area contributed by atoms with Crippen LogP contribution in [0.4, 0.5) is 0 Å². The molecule has 1 saturated heterocycles. The van der Waals surface area contributed by atoms with Crippen LogP contribution in [0, 0.1) is 0 Å². The van der Waals surface area contributed by atoms with E-state index in [4.69, 9.17) is 0 Å². The number of rotatable bonds is 3. The van der Waals surface area contributed by atoms with Gasteiger partial charge in [-0.25, -0.2) is 0 Å². The molecule has 0 spiro atoms. The minimum atomic E-state index is 1.11. The summed E-state index contributed by atoms with van der Waals surface area (Å²) in [5.74, 6) is 0. The van der Waals surface area contributed by atoms with Gasteiger partial charge in [-0.1, -0.05) is 19.1 Å². The summed E-state index contributed by atoms with van der Waals surface area (Å²) in [5.41, 5.74) is 1.38. The van der Waals surface area contributed by atoms with Crippen LogP contribution in [0.15, 0.2) is 23.9 Å². The van der Waals surface area contributed by atoms with E-state index in [1.807, 2.05) is 0 Å². The minimum Gasteiger partial charge on any atom is -0.369 e. The van der Waals surface area contributed by atoms with Crippen LogP contribution in [-0.2, 0) is 0 Å². The summed E-state index contributed by atoms with van der Waals surface area (Å²) in [4.78, 5) is 2.44. The summed E-state index contributed by atoms with van der Waals surface area (Å²) in [7, 11) is 0. The van der Waals surface area contributed by atoms with Crippen LogP contribution in [0.2, 0.25) is 0 Å². The Morgan fingerprint density at radius 2 is 2.08 bits per heavy atom. The number of piperazine rings is 1. The molecule has 0 radical (unpaired) electrons. The van der Waals surface area contributed by atoms with E-state index in [9.17, 15) is 0 Å². The SMILES string of the molecule is CC=CC(=CCC)N1CCNCC1. The molecule has 0 aromatic carbocycles. The van der Waals surface area contributed by atoms with Gasteiger partial charge in [0.05, 0.1) is 0 Å². The highest BCUT2D eigenvalue weighted by molar-refractivity contribution is 5.17. The average Bonchev–Trinajstić information content (AvgIpc) is 2.19. The van der Waals surface area contributed by atoms with E-state index in [-0.39, 0.29) is 0 Å². The fraction of sp³-hybridized carbons (Fsp3) is 0.636. The number of nitrogens with one attached hydrogen (secondary N) is 1. The first-order valence-corrected chi connectivity index (χ1v) is 5.17. The van der Waals surface area contributed by atoms with Crippen molar-refractivity contribution in [3.05, 3.63) is 23.9 Å². The zero-order valence-electron chi connectivity index (χ0n) is 8.71. The van der Waals surface area contributed by atoms with Crippen molar-refractivity contribution < 1.29 is 0 Å². The molecule has 0 unspecified atom stereocenters. The van der Waals surface area contributed by atoms with Gasteiger partial charge in [-0.15, -0.1) is 0 Å². The summed E-state index contributed by atoms with van der Waals surface area (Å²) in [6, 6.07) is 0. The molecule has 0 aromatic heterocycles. The predicted octanol–water partition coefficient (Wildman–Crippen LogP) is 1.76. The van der Waals surface area contributed by atoms with Crippen LogP contribution in [0.25, 0.3) is 0 Å². The summed E-state index contributed by atoms with van der Waals surface area (Å²) in [6.45, 7) is 8.75. The lowest BCUT2D eigenvalue weighted by atomic mass is 10.2. The van der Waals surface area contributed by atoms with Crippen LogP contribution in [0.5, 0.6) is 0 Å². The van der Waals surface area contributed by atoms with Gasteiger partial charge in [0.15, 0.2) is 0 Å². The Morgan fingerprint density at radius 3 is 2.62 bits per heavy atom. The van der Waals surface area contributed by atoms with Crippen LogP contribution >= 0.6 is 0 Å². The maximum Gasteiger partial charge on any atom is 0.0323 e. The van der Waals surface area contributed by atoms with Gasteiger partial charge < -0.3 is 10.2 Å². The average molecular weight is 180 g/mol. The van der Waals surface area contributed by atoms with Crippen molar-refractivity contribution >= 4 is 0 Å². The Balaban J connectivity index is 2.57. The first kappa shape index (κ1) is 10.3. The molecule has 0 atom stereocenters. The first-order chi connectivity index (χ1) is 6.38. The van der Waals surface area contributed by atoms with Crippen LogP contribution in [0.3, 0.4) is 0 Å². The van der Waals surface area contributed by atoms with E-state index in [2.05, 4.69) is 42.3 Å². The van der Waals surface area contributed by atoms with Crippen molar-refractivity contribution in [1.82, 2.24) is 10.2 Å². The number of hydrogen-bond donors (Lipinski definition) is 1. The molecule has 1 heterocycles. The van der Waals surface area contributed by atoms with Crippen molar-refractivity contribution in [2.75, 3.05) is 26.2 Å². The van der Waals surface area contributed by atoms with Gasteiger partial charge in [0.1, 0.15) is 0 Å². The van der Waals surface area contributed by atoms with Gasteiger partial charge in [0.25, 0.3) is 0 Å². The minimum absolute atomic E-state index is 1.11. The maximum atomic E-state index is 3.36.